The maximum atomic E-state index is 13.3. The summed E-state index contributed by atoms with van der Waals surface area (Å²) in [6.45, 7) is 5.23. The van der Waals surface area contributed by atoms with Gasteiger partial charge >= 0.3 is 6.18 Å². The Balaban J connectivity index is 1.55. The molecule has 10 heteroatoms. The summed E-state index contributed by atoms with van der Waals surface area (Å²) in [5.74, 6) is 2.33. The molecular weight excluding hydrogens is 449 g/mol. The van der Waals surface area contributed by atoms with E-state index in [2.05, 4.69) is 15.3 Å². The van der Waals surface area contributed by atoms with Crippen molar-refractivity contribution < 1.29 is 27.4 Å². The van der Waals surface area contributed by atoms with Crippen molar-refractivity contribution in [3.63, 3.8) is 0 Å². The number of alkyl halides is 3. The summed E-state index contributed by atoms with van der Waals surface area (Å²) in [6.07, 6.45) is -3.09. The van der Waals surface area contributed by atoms with E-state index < -0.39 is 17.8 Å². The molecule has 0 bridgehead atoms. The van der Waals surface area contributed by atoms with E-state index in [0.29, 0.717) is 54.9 Å². The number of nitrogens with two attached hydrogens (primary N) is 1. The summed E-state index contributed by atoms with van der Waals surface area (Å²) in [7, 11) is 0. The van der Waals surface area contributed by atoms with Gasteiger partial charge in [-0.05, 0) is 43.7 Å². The van der Waals surface area contributed by atoms with Crippen LogP contribution in [-0.2, 0) is 17.3 Å². The molecule has 0 radical (unpaired) electrons. The van der Waals surface area contributed by atoms with Gasteiger partial charge in [0.15, 0.2) is 11.5 Å². The summed E-state index contributed by atoms with van der Waals surface area (Å²) >= 11 is 0. The molecule has 34 heavy (non-hydrogen) atoms. The van der Waals surface area contributed by atoms with Crippen LogP contribution in [0.1, 0.15) is 41.9 Å². The van der Waals surface area contributed by atoms with Crippen LogP contribution in [0.3, 0.4) is 0 Å². The molecule has 3 heterocycles. The van der Waals surface area contributed by atoms with E-state index in [1.807, 2.05) is 6.07 Å². The highest BCUT2D eigenvalue weighted by molar-refractivity contribution is 5.95. The first-order valence-corrected chi connectivity index (χ1v) is 11.1. The fraction of sp³-hybridized carbons (Fsp3) is 0.417. The average Bonchev–Trinajstić information content (AvgIpc) is 3.45. The van der Waals surface area contributed by atoms with Crippen molar-refractivity contribution >= 4 is 22.4 Å². The summed E-state index contributed by atoms with van der Waals surface area (Å²) in [6, 6.07) is 4.90. The number of anilines is 2. The Morgan fingerprint density at radius 2 is 2.00 bits per heavy atom. The second-order valence-corrected chi connectivity index (χ2v) is 8.65. The summed E-state index contributed by atoms with van der Waals surface area (Å²) in [5, 5.41) is 3.98. The third kappa shape index (κ3) is 4.29. The van der Waals surface area contributed by atoms with Crippen molar-refractivity contribution in [2.45, 2.75) is 45.0 Å². The Kier molecular flexibility index (Phi) is 5.63. The molecule has 0 saturated carbocycles. The Morgan fingerprint density at radius 1 is 1.18 bits per heavy atom. The van der Waals surface area contributed by atoms with E-state index in [0.717, 1.165) is 35.0 Å². The van der Waals surface area contributed by atoms with Gasteiger partial charge in [-0.15, -0.1) is 0 Å². The molecular formula is C24H25F3N4O3. The molecule has 7 nitrogen and oxygen atoms in total. The maximum absolute atomic E-state index is 13.3. The van der Waals surface area contributed by atoms with Crippen molar-refractivity contribution in [3.8, 4) is 11.5 Å². The normalized spacial score (nSPS) is 18.6. The molecule has 1 aromatic heterocycles. The first-order valence-electron chi connectivity index (χ1n) is 11.1. The monoisotopic (exact) mass is 474 g/mol. The number of aryl methyl sites for hydroxylation is 1. The highest BCUT2D eigenvalue weighted by Crippen LogP contribution is 2.43. The van der Waals surface area contributed by atoms with Gasteiger partial charge in [-0.3, -0.25) is 0 Å². The van der Waals surface area contributed by atoms with Crippen LogP contribution in [0.15, 0.2) is 24.3 Å². The minimum atomic E-state index is -4.49. The smallest absolute Gasteiger partial charge is 0.416 e. The van der Waals surface area contributed by atoms with Crippen LogP contribution in [0.2, 0.25) is 0 Å². The zero-order valence-corrected chi connectivity index (χ0v) is 18.8. The molecule has 3 aromatic rings. The zero-order valence-electron chi connectivity index (χ0n) is 18.8. The Morgan fingerprint density at radius 3 is 2.74 bits per heavy atom. The minimum Gasteiger partial charge on any atom is -0.489 e. The molecule has 1 saturated heterocycles. The first kappa shape index (κ1) is 22.5. The topological polar surface area (TPSA) is 91.5 Å². The van der Waals surface area contributed by atoms with Gasteiger partial charge in [0.1, 0.15) is 17.7 Å². The third-order valence-corrected chi connectivity index (χ3v) is 6.05. The number of nitrogens with one attached hydrogen (secondary N) is 1. The van der Waals surface area contributed by atoms with Crippen molar-refractivity contribution in [3.05, 3.63) is 46.8 Å². The van der Waals surface area contributed by atoms with E-state index >= 15 is 0 Å². The molecule has 1 fully saturated rings. The number of rotatable bonds is 5. The van der Waals surface area contributed by atoms with Crippen LogP contribution in [0.25, 0.3) is 10.9 Å². The molecule has 2 aliphatic heterocycles. The molecule has 2 atom stereocenters. The van der Waals surface area contributed by atoms with Crippen LogP contribution in [0, 0.1) is 6.92 Å². The lowest BCUT2D eigenvalue weighted by molar-refractivity contribution is -0.137. The van der Waals surface area contributed by atoms with Crippen molar-refractivity contribution in [2.75, 3.05) is 30.9 Å². The van der Waals surface area contributed by atoms with Gasteiger partial charge in [0.25, 0.3) is 0 Å². The van der Waals surface area contributed by atoms with E-state index in [4.69, 9.17) is 19.9 Å². The highest BCUT2D eigenvalue weighted by Gasteiger charge is 2.32. The summed E-state index contributed by atoms with van der Waals surface area (Å²) in [5.41, 5.74) is 7.12. The van der Waals surface area contributed by atoms with Crippen LogP contribution >= 0.6 is 0 Å². The lowest BCUT2D eigenvalue weighted by atomic mass is 10.0. The molecule has 3 N–H and O–H groups in total. The number of nitrogens with zero attached hydrogens (tertiary/aromatic N) is 2. The van der Waals surface area contributed by atoms with Gasteiger partial charge in [0.2, 0.25) is 0 Å². The highest BCUT2D eigenvalue weighted by atomic mass is 19.4. The van der Waals surface area contributed by atoms with Gasteiger partial charge in [-0.2, -0.15) is 13.2 Å². The van der Waals surface area contributed by atoms with Crippen molar-refractivity contribution in [2.24, 2.45) is 0 Å². The van der Waals surface area contributed by atoms with Crippen LogP contribution in [0.4, 0.5) is 24.7 Å². The number of hydrogen-bond acceptors (Lipinski definition) is 7. The lowest BCUT2D eigenvalue weighted by Gasteiger charge is -2.20. The number of fused-ring (bicyclic) bond motifs is 3. The number of benzene rings is 2. The molecule has 180 valence electrons. The Bertz CT molecular complexity index is 1240. The Labute approximate surface area is 194 Å². The standard InChI is InChI=1S/C24H25F3N4O3/c1-12(14-7-15(24(25,26)27)9-16(28)8-14)29-23-19-10-20(34-17-3-5-32-11-17)22-18(4-6-33-22)21(19)30-13(2)31-23/h7-10,12,17H,3-6,11,28H2,1-2H3,(H,29,30,31)/t12-,17?/m1/s1. The Hall–Kier alpha value is -3.27. The third-order valence-electron chi connectivity index (χ3n) is 6.05. The number of nitrogen functional groups attached to an aromatic ring is 1. The molecule has 0 aliphatic carbocycles. The predicted octanol–water partition coefficient (Wildman–Crippen LogP) is 4.81. The number of hydrogen-bond donors (Lipinski definition) is 2. The molecule has 0 spiro atoms. The van der Waals surface area contributed by atoms with Crippen molar-refractivity contribution in [1.29, 1.82) is 0 Å². The van der Waals surface area contributed by atoms with Gasteiger partial charge in [-0.25, -0.2) is 9.97 Å². The van der Waals surface area contributed by atoms with E-state index in [1.54, 1.807) is 13.8 Å². The van der Waals surface area contributed by atoms with E-state index in [9.17, 15) is 13.2 Å². The minimum absolute atomic E-state index is 0.0478. The van der Waals surface area contributed by atoms with E-state index in [-0.39, 0.29) is 11.8 Å². The number of halogens is 3. The largest absolute Gasteiger partial charge is 0.489 e. The summed E-state index contributed by atoms with van der Waals surface area (Å²) < 4.78 is 57.4. The molecule has 1 unspecified atom stereocenters. The lowest BCUT2D eigenvalue weighted by Crippen LogP contribution is -2.16. The second-order valence-electron chi connectivity index (χ2n) is 8.65. The fourth-order valence-electron chi connectivity index (χ4n) is 4.41. The van der Waals surface area contributed by atoms with Gasteiger partial charge < -0.3 is 25.3 Å². The zero-order chi connectivity index (χ0) is 24.0. The molecule has 2 aliphatic rings. The SMILES string of the molecule is Cc1nc(N[C@H](C)c2cc(N)cc(C(F)(F)F)c2)c2cc(OC3CCOC3)c3c(c2n1)CCO3. The van der Waals surface area contributed by atoms with Crippen molar-refractivity contribution in [1.82, 2.24) is 9.97 Å². The summed E-state index contributed by atoms with van der Waals surface area (Å²) in [4.78, 5) is 9.20. The van der Waals surface area contributed by atoms with Crippen LogP contribution in [-0.4, -0.2) is 35.9 Å². The molecule has 5 rings (SSSR count). The quantitative estimate of drug-likeness (QED) is 0.513. The average molecular weight is 474 g/mol. The predicted molar refractivity (Wildman–Crippen MR) is 121 cm³/mol. The van der Waals surface area contributed by atoms with Crippen LogP contribution in [0.5, 0.6) is 11.5 Å². The van der Waals surface area contributed by atoms with Gasteiger partial charge in [0, 0.05) is 29.5 Å². The van der Waals surface area contributed by atoms with Crippen LogP contribution < -0.4 is 20.5 Å². The molecule has 2 aromatic carbocycles. The maximum Gasteiger partial charge on any atom is 0.416 e. The van der Waals surface area contributed by atoms with Gasteiger partial charge in [0.05, 0.1) is 36.9 Å². The molecule has 0 amide bonds. The number of ether oxygens (including phenoxy) is 3. The fourth-order valence-corrected chi connectivity index (χ4v) is 4.41. The van der Waals surface area contributed by atoms with Gasteiger partial charge in [-0.1, -0.05) is 0 Å². The first-order chi connectivity index (χ1) is 16.2. The van der Waals surface area contributed by atoms with E-state index in [1.165, 1.54) is 6.07 Å². The number of aromatic nitrogens is 2. The second kappa shape index (κ2) is 8.50.